The van der Waals surface area contributed by atoms with Crippen molar-refractivity contribution in [1.82, 2.24) is 0 Å². The Bertz CT molecular complexity index is 422. The molecule has 1 aromatic carbocycles. The molecule has 0 radical (unpaired) electrons. The lowest BCUT2D eigenvalue weighted by atomic mass is 9.78. The van der Waals surface area contributed by atoms with Crippen LogP contribution in [0.25, 0.3) is 0 Å². The molecule has 106 valence electrons. The van der Waals surface area contributed by atoms with Gasteiger partial charge in [-0.05, 0) is 37.5 Å². The highest BCUT2D eigenvalue weighted by Gasteiger charge is 2.37. The predicted octanol–water partition coefficient (Wildman–Crippen LogP) is 2.68. The van der Waals surface area contributed by atoms with E-state index < -0.39 is 5.41 Å². The number of carbonyl (C=O) groups excluding carboxylic acids is 1. The average molecular weight is 267 g/mol. The molecular weight excluding hydrogens is 245 g/mol. The number of esters is 1. The van der Waals surface area contributed by atoms with Gasteiger partial charge in [-0.2, -0.15) is 0 Å². The van der Waals surface area contributed by atoms with Crippen molar-refractivity contribution in [1.29, 1.82) is 0 Å². The number of carbonyl (C=O) groups is 1. The Morgan fingerprint density at radius 1 is 1.42 bits per heavy atom. The highest BCUT2D eigenvalue weighted by molar-refractivity contribution is 5.77. The lowest BCUT2D eigenvalue weighted by molar-refractivity contribution is -0.155. The maximum atomic E-state index is 13.2. The van der Waals surface area contributed by atoms with Crippen LogP contribution in [0.4, 0.5) is 4.39 Å². The van der Waals surface area contributed by atoms with Gasteiger partial charge in [0.1, 0.15) is 5.82 Å². The number of halogens is 1. The predicted molar refractivity (Wildman–Crippen MR) is 73.1 cm³/mol. The number of hydrogen-bond donors (Lipinski definition) is 1. The number of nitrogens with two attached hydrogens (primary N) is 1. The summed E-state index contributed by atoms with van der Waals surface area (Å²) < 4.78 is 18.4. The van der Waals surface area contributed by atoms with Crippen LogP contribution in [0.2, 0.25) is 0 Å². The van der Waals surface area contributed by atoms with E-state index in [4.69, 9.17) is 10.5 Å². The van der Waals surface area contributed by atoms with Gasteiger partial charge in [0.2, 0.25) is 0 Å². The molecule has 1 unspecified atom stereocenters. The third kappa shape index (κ3) is 4.03. The van der Waals surface area contributed by atoms with Crippen molar-refractivity contribution in [3.63, 3.8) is 0 Å². The van der Waals surface area contributed by atoms with E-state index in [9.17, 15) is 9.18 Å². The highest BCUT2D eigenvalue weighted by Crippen LogP contribution is 2.29. The van der Waals surface area contributed by atoms with E-state index in [1.165, 1.54) is 12.1 Å². The first-order chi connectivity index (χ1) is 9.07. The van der Waals surface area contributed by atoms with E-state index >= 15 is 0 Å². The Balaban J connectivity index is 2.99. The Kier molecular flexibility index (Phi) is 5.96. The standard InChI is InChI=1S/C15H22FNO2/c1-3-8-15(11-17,14(18)19-4-2)10-12-6-5-7-13(16)9-12/h5-7,9H,3-4,8,10-11,17H2,1-2H3. The maximum Gasteiger partial charge on any atom is 0.313 e. The van der Waals surface area contributed by atoms with E-state index in [1.54, 1.807) is 13.0 Å². The van der Waals surface area contributed by atoms with Crippen LogP contribution in [0.15, 0.2) is 24.3 Å². The van der Waals surface area contributed by atoms with Gasteiger partial charge >= 0.3 is 5.97 Å². The van der Waals surface area contributed by atoms with Crippen LogP contribution >= 0.6 is 0 Å². The second kappa shape index (κ2) is 7.24. The fourth-order valence-corrected chi connectivity index (χ4v) is 2.32. The summed E-state index contributed by atoms with van der Waals surface area (Å²) in [5, 5.41) is 0. The van der Waals surface area contributed by atoms with E-state index in [0.717, 1.165) is 12.0 Å². The first-order valence-corrected chi connectivity index (χ1v) is 6.69. The zero-order valence-corrected chi connectivity index (χ0v) is 11.6. The smallest absolute Gasteiger partial charge is 0.313 e. The molecule has 4 heteroatoms. The molecule has 1 rings (SSSR count). The summed E-state index contributed by atoms with van der Waals surface area (Å²) in [6.45, 7) is 4.30. The van der Waals surface area contributed by atoms with Crippen LogP contribution in [0.1, 0.15) is 32.3 Å². The molecule has 0 aliphatic heterocycles. The zero-order chi connectivity index (χ0) is 14.3. The quantitative estimate of drug-likeness (QED) is 0.773. The van der Waals surface area contributed by atoms with Gasteiger partial charge in [0.25, 0.3) is 0 Å². The Hall–Kier alpha value is -1.42. The summed E-state index contributed by atoms with van der Waals surface area (Å²) in [6.07, 6.45) is 1.87. The first kappa shape index (κ1) is 15.6. The second-order valence-corrected chi connectivity index (χ2v) is 4.76. The molecule has 19 heavy (non-hydrogen) atoms. The normalized spacial score (nSPS) is 13.9. The van der Waals surface area contributed by atoms with Gasteiger partial charge < -0.3 is 10.5 Å². The summed E-state index contributed by atoms with van der Waals surface area (Å²) in [5.41, 5.74) is 5.84. The van der Waals surface area contributed by atoms with Crippen LogP contribution < -0.4 is 5.73 Å². The largest absolute Gasteiger partial charge is 0.466 e. The van der Waals surface area contributed by atoms with Crippen molar-refractivity contribution < 1.29 is 13.9 Å². The molecule has 0 aliphatic rings. The van der Waals surface area contributed by atoms with Crippen LogP contribution in [0.3, 0.4) is 0 Å². The molecule has 0 aromatic heterocycles. The molecule has 3 nitrogen and oxygen atoms in total. The molecular formula is C15H22FNO2. The molecule has 0 saturated carbocycles. The first-order valence-electron chi connectivity index (χ1n) is 6.69. The SMILES string of the molecule is CCCC(CN)(Cc1cccc(F)c1)C(=O)OCC. The van der Waals surface area contributed by atoms with Gasteiger partial charge in [-0.1, -0.05) is 25.5 Å². The van der Waals surface area contributed by atoms with Gasteiger partial charge in [-0.3, -0.25) is 4.79 Å². The lowest BCUT2D eigenvalue weighted by Crippen LogP contribution is -2.42. The van der Waals surface area contributed by atoms with Gasteiger partial charge in [-0.15, -0.1) is 0 Å². The van der Waals surface area contributed by atoms with Crippen molar-refractivity contribution in [2.75, 3.05) is 13.2 Å². The third-order valence-electron chi connectivity index (χ3n) is 3.26. The summed E-state index contributed by atoms with van der Waals surface area (Å²) in [7, 11) is 0. The minimum absolute atomic E-state index is 0.205. The molecule has 0 fully saturated rings. The van der Waals surface area contributed by atoms with Gasteiger partial charge in [0.15, 0.2) is 0 Å². The van der Waals surface area contributed by atoms with E-state index in [0.29, 0.717) is 19.4 Å². The molecule has 0 saturated heterocycles. The monoisotopic (exact) mass is 267 g/mol. The number of benzene rings is 1. The van der Waals surface area contributed by atoms with E-state index in [1.807, 2.05) is 13.0 Å². The van der Waals surface area contributed by atoms with Gasteiger partial charge in [0.05, 0.1) is 12.0 Å². The van der Waals surface area contributed by atoms with Gasteiger partial charge in [-0.25, -0.2) is 4.39 Å². The number of ether oxygens (including phenoxy) is 1. The molecule has 0 amide bonds. The topological polar surface area (TPSA) is 52.3 Å². The number of rotatable bonds is 7. The number of hydrogen-bond acceptors (Lipinski definition) is 3. The molecule has 0 heterocycles. The minimum atomic E-state index is -0.751. The van der Waals surface area contributed by atoms with Crippen LogP contribution in [-0.2, 0) is 16.0 Å². The third-order valence-corrected chi connectivity index (χ3v) is 3.26. The Morgan fingerprint density at radius 2 is 2.16 bits per heavy atom. The van der Waals surface area contributed by atoms with Crippen molar-refractivity contribution >= 4 is 5.97 Å². The molecule has 1 aromatic rings. The summed E-state index contributed by atoms with van der Waals surface area (Å²) >= 11 is 0. The highest BCUT2D eigenvalue weighted by atomic mass is 19.1. The zero-order valence-electron chi connectivity index (χ0n) is 11.6. The molecule has 1 atom stereocenters. The van der Waals surface area contributed by atoms with Crippen molar-refractivity contribution in [2.24, 2.45) is 11.1 Å². The van der Waals surface area contributed by atoms with Gasteiger partial charge in [0, 0.05) is 6.54 Å². The van der Waals surface area contributed by atoms with Crippen LogP contribution in [0.5, 0.6) is 0 Å². The summed E-state index contributed by atoms with van der Waals surface area (Å²) in [4.78, 5) is 12.2. The molecule has 0 bridgehead atoms. The maximum absolute atomic E-state index is 13.2. The second-order valence-electron chi connectivity index (χ2n) is 4.76. The van der Waals surface area contributed by atoms with Crippen molar-refractivity contribution in [3.05, 3.63) is 35.6 Å². The van der Waals surface area contributed by atoms with Crippen molar-refractivity contribution in [2.45, 2.75) is 33.1 Å². The van der Waals surface area contributed by atoms with Crippen LogP contribution in [0, 0.1) is 11.2 Å². The van der Waals surface area contributed by atoms with E-state index in [-0.39, 0.29) is 18.3 Å². The lowest BCUT2D eigenvalue weighted by Gasteiger charge is -2.30. The summed E-state index contributed by atoms with van der Waals surface area (Å²) in [6, 6.07) is 6.28. The Morgan fingerprint density at radius 3 is 2.68 bits per heavy atom. The molecule has 0 spiro atoms. The van der Waals surface area contributed by atoms with E-state index in [2.05, 4.69) is 0 Å². The van der Waals surface area contributed by atoms with Crippen molar-refractivity contribution in [3.8, 4) is 0 Å². The Labute approximate surface area is 113 Å². The fourth-order valence-electron chi connectivity index (χ4n) is 2.32. The molecule has 0 aliphatic carbocycles. The summed E-state index contributed by atoms with van der Waals surface area (Å²) in [5.74, 6) is -0.590. The minimum Gasteiger partial charge on any atom is -0.466 e. The average Bonchev–Trinajstić information content (AvgIpc) is 2.38. The van der Waals surface area contributed by atoms with Crippen LogP contribution in [-0.4, -0.2) is 19.1 Å². The fraction of sp³-hybridized carbons (Fsp3) is 0.533. The molecule has 2 N–H and O–H groups in total.